The number of aromatic nitrogens is 2. The number of sulfone groups is 1. The maximum Gasteiger partial charge on any atom is 0.152 e. The Morgan fingerprint density at radius 3 is 2.33 bits per heavy atom. The predicted molar refractivity (Wildman–Crippen MR) is 85.7 cm³/mol. The molecule has 1 aliphatic heterocycles. The highest BCUT2D eigenvalue weighted by molar-refractivity contribution is 7.91. The van der Waals surface area contributed by atoms with E-state index in [9.17, 15) is 8.42 Å². The van der Waals surface area contributed by atoms with E-state index in [1.807, 2.05) is 34.7 Å². The summed E-state index contributed by atoms with van der Waals surface area (Å²) < 4.78 is 23.5. The van der Waals surface area contributed by atoms with Gasteiger partial charge in [0.25, 0.3) is 0 Å². The highest BCUT2D eigenvalue weighted by atomic mass is 32.2. The molecule has 0 amide bonds. The molecule has 118 valence electrons. The van der Waals surface area contributed by atoms with Gasteiger partial charge in [-0.25, -0.2) is 18.4 Å². The molecule has 2 rings (SSSR count). The minimum Gasteiger partial charge on any atom is -0.373 e. The summed E-state index contributed by atoms with van der Waals surface area (Å²) in [6.07, 6.45) is 0.602. The van der Waals surface area contributed by atoms with Gasteiger partial charge in [-0.1, -0.05) is 13.8 Å². The van der Waals surface area contributed by atoms with Crippen molar-refractivity contribution >= 4 is 21.5 Å². The van der Waals surface area contributed by atoms with Gasteiger partial charge in [0.2, 0.25) is 0 Å². The summed E-state index contributed by atoms with van der Waals surface area (Å²) in [6.45, 7) is 7.95. The van der Waals surface area contributed by atoms with Crippen LogP contribution in [0.5, 0.6) is 0 Å². The normalized spacial score (nSPS) is 24.3. The van der Waals surface area contributed by atoms with Crippen LogP contribution < -0.4 is 10.6 Å². The number of rotatable bonds is 4. The first-order valence-electron chi connectivity index (χ1n) is 7.21. The van der Waals surface area contributed by atoms with E-state index < -0.39 is 15.4 Å². The second kappa shape index (κ2) is 5.44. The smallest absolute Gasteiger partial charge is 0.152 e. The molecule has 0 radical (unpaired) electrons. The van der Waals surface area contributed by atoms with Gasteiger partial charge < -0.3 is 10.6 Å². The molecule has 0 bridgehead atoms. The number of hydrogen-bond donors (Lipinski definition) is 2. The van der Waals surface area contributed by atoms with E-state index >= 15 is 0 Å². The Morgan fingerprint density at radius 1 is 1.24 bits per heavy atom. The first kappa shape index (κ1) is 16.0. The predicted octanol–water partition coefficient (Wildman–Crippen LogP) is 1.94. The third-order valence-electron chi connectivity index (χ3n) is 3.84. The second-order valence-corrected chi connectivity index (χ2v) is 8.52. The molecule has 1 aromatic heterocycles. The molecule has 1 aliphatic rings. The molecular weight excluding hydrogens is 288 g/mol. The Hall–Kier alpha value is -1.37. The molecule has 1 fully saturated rings. The van der Waals surface area contributed by atoms with E-state index in [4.69, 9.17) is 0 Å². The van der Waals surface area contributed by atoms with Gasteiger partial charge in [-0.2, -0.15) is 0 Å². The fraction of sp³-hybridized carbons (Fsp3) is 0.714. The second-order valence-electron chi connectivity index (χ2n) is 6.34. The monoisotopic (exact) mass is 312 g/mol. The molecule has 0 aromatic carbocycles. The highest BCUT2D eigenvalue weighted by Crippen LogP contribution is 2.30. The molecule has 2 N–H and O–H groups in total. The Kier molecular flexibility index (Phi) is 4.15. The standard InChI is InChI=1S/C14H24N4O2S/c1-9(2)11-16-12(15-5)10(3)13(17-11)18-14(4)6-7-21(19,20)8-14/h9H,6-8H2,1-5H3,(H2,15,16,17,18). The molecule has 0 aliphatic carbocycles. The lowest BCUT2D eigenvalue weighted by molar-refractivity contribution is 0.570. The minimum absolute atomic E-state index is 0.148. The lowest BCUT2D eigenvalue weighted by atomic mass is 10.0. The molecular formula is C14H24N4O2S. The Morgan fingerprint density at radius 2 is 1.86 bits per heavy atom. The zero-order chi connectivity index (χ0) is 15.8. The van der Waals surface area contributed by atoms with E-state index in [1.54, 1.807) is 0 Å². The van der Waals surface area contributed by atoms with Crippen LogP contribution in [0.25, 0.3) is 0 Å². The summed E-state index contributed by atoms with van der Waals surface area (Å²) >= 11 is 0. The van der Waals surface area contributed by atoms with Gasteiger partial charge in [0, 0.05) is 18.5 Å². The van der Waals surface area contributed by atoms with Crippen molar-refractivity contribution in [1.29, 1.82) is 0 Å². The third-order valence-corrected chi connectivity index (χ3v) is 5.74. The summed E-state index contributed by atoms with van der Waals surface area (Å²) in [6, 6.07) is 0. The molecule has 0 spiro atoms. The highest BCUT2D eigenvalue weighted by Gasteiger charge is 2.39. The van der Waals surface area contributed by atoms with Crippen molar-refractivity contribution in [2.24, 2.45) is 0 Å². The molecule has 1 saturated heterocycles. The third kappa shape index (κ3) is 3.45. The van der Waals surface area contributed by atoms with E-state index in [-0.39, 0.29) is 17.4 Å². The van der Waals surface area contributed by atoms with Crippen LogP contribution in [0.4, 0.5) is 11.6 Å². The summed E-state index contributed by atoms with van der Waals surface area (Å²) in [5, 5.41) is 6.42. The van der Waals surface area contributed by atoms with Crippen molar-refractivity contribution in [3.05, 3.63) is 11.4 Å². The summed E-state index contributed by atoms with van der Waals surface area (Å²) in [5.74, 6) is 2.83. The van der Waals surface area contributed by atoms with E-state index in [0.717, 1.165) is 23.0 Å². The SMILES string of the molecule is CNc1nc(C(C)C)nc(NC2(C)CCS(=O)(=O)C2)c1C. The van der Waals surface area contributed by atoms with Gasteiger partial charge in [-0.05, 0) is 20.3 Å². The van der Waals surface area contributed by atoms with Gasteiger partial charge in [-0.3, -0.25) is 0 Å². The van der Waals surface area contributed by atoms with Crippen LogP contribution in [0.1, 0.15) is 44.5 Å². The Bertz CT molecular complexity index is 643. The molecule has 7 heteroatoms. The zero-order valence-electron chi connectivity index (χ0n) is 13.3. The lowest BCUT2D eigenvalue weighted by Crippen LogP contribution is -2.36. The first-order chi connectivity index (χ1) is 9.66. The Balaban J connectivity index is 2.37. The van der Waals surface area contributed by atoms with Crippen molar-refractivity contribution < 1.29 is 8.42 Å². The number of nitrogens with one attached hydrogen (secondary N) is 2. The fourth-order valence-corrected chi connectivity index (χ4v) is 4.65. The van der Waals surface area contributed by atoms with Crippen LogP contribution in [0.15, 0.2) is 0 Å². The van der Waals surface area contributed by atoms with Crippen molar-refractivity contribution in [2.45, 2.75) is 45.6 Å². The van der Waals surface area contributed by atoms with Crippen molar-refractivity contribution in [1.82, 2.24) is 9.97 Å². The summed E-state index contributed by atoms with van der Waals surface area (Å²) in [5.41, 5.74) is 0.449. The quantitative estimate of drug-likeness (QED) is 0.884. The van der Waals surface area contributed by atoms with E-state index in [2.05, 4.69) is 20.6 Å². The maximum absolute atomic E-state index is 11.7. The fourth-order valence-electron chi connectivity index (χ4n) is 2.55. The largest absolute Gasteiger partial charge is 0.373 e. The number of hydrogen-bond acceptors (Lipinski definition) is 6. The van der Waals surface area contributed by atoms with Crippen LogP contribution in [0.2, 0.25) is 0 Å². The van der Waals surface area contributed by atoms with Gasteiger partial charge >= 0.3 is 0 Å². The topological polar surface area (TPSA) is 84.0 Å². The molecule has 0 saturated carbocycles. The molecule has 1 aromatic rings. The van der Waals surface area contributed by atoms with Crippen molar-refractivity contribution in [2.75, 3.05) is 29.2 Å². The molecule has 21 heavy (non-hydrogen) atoms. The van der Waals surface area contributed by atoms with Crippen LogP contribution in [-0.4, -0.2) is 42.5 Å². The average Bonchev–Trinajstić information content (AvgIpc) is 2.65. The molecule has 1 atom stereocenters. The number of anilines is 2. The summed E-state index contributed by atoms with van der Waals surface area (Å²) in [4.78, 5) is 9.08. The van der Waals surface area contributed by atoms with Gasteiger partial charge in [0.1, 0.15) is 17.5 Å². The van der Waals surface area contributed by atoms with Crippen LogP contribution in [0.3, 0.4) is 0 Å². The summed E-state index contributed by atoms with van der Waals surface area (Å²) in [7, 11) is -1.13. The maximum atomic E-state index is 11.7. The average molecular weight is 312 g/mol. The first-order valence-corrected chi connectivity index (χ1v) is 9.03. The lowest BCUT2D eigenvalue weighted by Gasteiger charge is -2.26. The van der Waals surface area contributed by atoms with Crippen LogP contribution in [0, 0.1) is 6.92 Å². The van der Waals surface area contributed by atoms with Crippen molar-refractivity contribution in [3.63, 3.8) is 0 Å². The number of nitrogens with zero attached hydrogens (tertiary/aromatic N) is 2. The van der Waals surface area contributed by atoms with E-state index in [0.29, 0.717) is 6.42 Å². The van der Waals surface area contributed by atoms with Crippen LogP contribution >= 0.6 is 0 Å². The Labute approximate surface area is 126 Å². The molecule has 1 unspecified atom stereocenters. The van der Waals surface area contributed by atoms with Gasteiger partial charge in [0.05, 0.1) is 17.0 Å². The zero-order valence-corrected chi connectivity index (χ0v) is 14.1. The minimum atomic E-state index is -2.95. The van der Waals surface area contributed by atoms with Crippen molar-refractivity contribution in [3.8, 4) is 0 Å². The van der Waals surface area contributed by atoms with Gasteiger partial charge in [-0.15, -0.1) is 0 Å². The van der Waals surface area contributed by atoms with Gasteiger partial charge in [0.15, 0.2) is 9.84 Å². The van der Waals surface area contributed by atoms with Crippen LogP contribution in [-0.2, 0) is 9.84 Å². The van der Waals surface area contributed by atoms with E-state index in [1.165, 1.54) is 0 Å². The molecule has 6 nitrogen and oxygen atoms in total. The molecule has 2 heterocycles.